The number of nitrogens with zero attached hydrogens (tertiary/aromatic N) is 3. The number of nitrogens with two attached hydrogens (primary N) is 1. The zero-order chi connectivity index (χ0) is 21.8. The van der Waals surface area contributed by atoms with Gasteiger partial charge in [0.1, 0.15) is 23.9 Å². The molecule has 1 amide bonds. The van der Waals surface area contributed by atoms with Crippen molar-refractivity contribution in [2.24, 2.45) is 16.6 Å². The maximum absolute atomic E-state index is 12.3. The van der Waals surface area contributed by atoms with Gasteiger partial charge in [-0.2, -0.15) is 0 Å². The van der Waals surface area contributed by atoms with Crippen LogP contribution in [0, 0.1) is 11.3 Å². The SMILES string of the molecule is CC(N=C1C(C(=N)N)NC(=O)CN1Cc1cccc(CN2CCCC2)c1)OCC1CC1. The first kappa shape index (κ1) is 21.8. The highest BCUT2D eigenvalue weighted by Crippen LogP contribution is 2.29. The molecule has 1 aromatic rings. The lowest BCUT2D eigenvalue weighted by molar-refractivity contribution is -0.122. The average molecular weight is 427 g/mol. The lowest BCUT2D eigenvalue weighted by Crippen LogP contribution is -2.62. The number of aliphatic imine (C=N–C) groups is 1. The second kappa shape index (κ2) is 9.78. The lowest BCUT2D eigenvalue weighted by atomic mass is 10.1. The van der Waals surface area contributed by atoms with E-state index in [0.717, 1.165) is 25.2 Å². The van der Waals surface area contributed by atoms with Gasteiger partial charge in [-0.25, -0.2) is 4.99 Å². The van der Waals surface area contributed by atoms with Gasteiger partial charge in [-0.1, -0.05) is 24.3 Å². The van der Waals surface area contributed by atoms with Gasteiger partial charge in [0.15, 0.2) is 0 Å². The first-order chi connectivity index (χ1) is 15.0. The molecule has 2 atom stereocenters. The number of benzene rings is 1. The van der Waals surface area contributed by atoms with Crippen molar-refractivity contribution >= 4 is 17.6 Å². The topological polar surface area (TPSA) is 107 Å². The molecule has 1 saturated carbocycles. The molecule has 0 aromatic heterocycles. The van der Waals surface area contributed by atoms with Gasteiger partial charge in [-0.3, -0.25) is 15.1 Å². The first-order valence-corrected chi connectivity index (χ1v) is 11.4. The molecule has 0 radical (unpaired) electrons. The van der Waals surface area contributed by atoms with Crippen LogP contribution in [0.1, 0.15) is 43.7 Å². The third kappa shape index (κ3) is 6.04. The molecule has 0 bridgehead atoms. The van der Waals surface area contributed by atoms with E-state index < -0.39 is 6.04 Å². The van der Waals surface area contributed by atoms with Gasteiger partial charge < -0.3 is 20.7 Å². The summed E-state index contributed by atoms with van der Waals surface area (Å²) in [5, 5.41) is 10.8. The van der Waals surface area contributed by atoms with Gasteiger partial charge in [0.2, 0.25) is 5.91 Å². The van der Waals surface area contributed by atoms with E-state index >= 15 is 0 Å². The fourth-order valence-electron chi connectivity index (χ4n) is 4.25. The number of rotatable bonds is 9. The first-order valence-electron chi connectivity index (χ1n) is 11.4. The highest BCUT2D eigenvalue weighted by atomic mass is 16.5. The molecule has 168 valence electrons. The Hall–Kier alpha value is -2.45. The maximum atomic E-state index is 12.3. The Morgan fingerprint density at radius 2 is 2.00 bits per heavy atom. The van der Waals surface area contributed by atoms with Crippen LogP contribution in [-0.4, -0.2) is 65.9 Å². The zero-order valence-corrected chi connectivity index (χ0v) is 18.3. The molecular formula is C23H34N6O2. The van der Waals surface area contributed by atoms with E-state index in [0.29, 0.717) is 24.9 Å². The highest BCUT2D eigenvalue weighted by molar-refractivity contribution is 6.12. The Balaban J connectivity index is 1.50. The molecule has 3 aliphatic rings. The van der Waals surface area contributed by atoms with Crippen molar-refractivity contribution in [1.29, 1.82) is 5.41 Å². The van der Waals surface area contributed by atoms with Crippen LogP contribution < -0.4 is 11.1 Å². The molecule has 3 fully saturated rings. The molecule has 0 spiro atoms. The molecule has 2 unspecified atom stereocenters. The van der Waals surface area contributed by atoms with Crippen molar-refractivity contribution in [1.82, 2.24) is 15.1 Å². The predicted molar refractivity (Wildman–Crippen MR) is 121 cm³/mol. The Morgan fingerprint density at radius 1 is 1.29 bits per heavy atom. The zero-order valence-electron chi connectivity index (χ0n) is 18.3. The molecule has 1 aliphatic carbocycles. The third-order valence-electron chi connectivity index (χ3n) is 6.09. The quantitative estimate of drug-likeness (QED) is 0.411. The summed E-state index contributed by atoms with van der Waals surface area (Å²) in [6.45, 7) is 6.61. The van der Waals surface area contributed by atoms with E-state index in [1.54, 1.807) is 0 Å². The van der Waals surface area contributed by atoms with Crippen LogP contribution in [0.2, 0.25) is 0 Å². The number of piperazine rings is 1. The number of nitrogens with one attached hydrogen (secondary N) is 2. The maximum Gasteiger partial charge on any atom is 0.240 e. The van der Waals surface area contributed by atoms with E-state index in [1.807, 2.05) is 11.8 Å². The molecule has 8 heteroatoms. The standard InChI is InChI=1S/C23H34N6O2/c1-16(31-15-17-7-8-17)26-23-21(22(24)25)27-20(30)14-29(23)13-19-6-4-5-18(11-19)12-28-9-2-3-10-28/h4-6,11,16-17,21H,2-3,7-10,12-15H2,1H3,(H3,24,25)(H,27,30). The highest BCUT2D eigenvalue weighted by Gasteiger charge is 2.33. The summed E-state index contributed by atoms with van der Waals surface area (Å²) in [5.74, 6) is 0.972. The minimum absolute atomic E-state index is 0.117. The van der Waals surface area contributed by atoms with E-state index in [4.69, 9.17) is 20.9 Å². The van der Waals surface area contributed by atoms with Crippen molar-refractivity contribution in [3.8, 4) is 0 Å². The third-order valence-corrected chi connectivity index (χ3v) is 6.09. The number of hydrogen-bond donors (Lipinski definition) is 3. The van der Waals surface area contributed by atoms with Crippen molar-refractivity contribution in [2.45, 2.75) is 58.0 Å². The fourth-order valence-corrected chi connectivity index (χ4v) is 4.25. The van der Waals surface area contributed by atoms with Crippen molar-refractivity contribution in [3.05, 3.63) is 35.4 Å². The summed E-state index contributed by atoms with van der Waals surface area (Å²) >= 11 is 0. The number of carbonyl (C=O) groups is 1. The van der Waals surface area contributed by atoms with Gasteiger partial charge in [0.05, 0.1) is 13.2 Å². The molecule has 31 heavy (non-hydrogen) atoms. The van der Waals surface area contributed by atoms with Gasteiger partial charge in [-0.15, -0.1) is 0 Å². The van der Waals surface area contributed by atoms with Gasteiger partial charge in [-0.05, 0) is 62.7 Å². The Bertz CT molecular complexity index is 831. The molecule has 4 rings (SSSR count). The number of likely N-dealkylation sites (tertiary alicyclic amines) is 1. The van der Waals surface area contributed by atoms with Crippen LogP contribution in [0.5, 0.6) is 0 Å². The summed E-state index contributed by atoms with van der Waals surface area (Å²) < 4.78 is 5.87. The molecule has 2 aliphatic heterocycles. The molecule has 2 saturated heterocycles. The summed E-state index contributed by atoms with van der Waals surface area (Å²) in [6, 6.07) is 7.80. The van der Waals surface area contributed by atoms with E-state index in [1.165, 1.54) is 31.2 Å². The Morgan fingerprint density at radius 3 is 2.68 bits per heavy atom. The molecular weight excluding hydrogens is 392 g/mol. The molecule has 4 N–H and O–H groups in total. The minimum atomic E-state index is -0.721. The normalized spacial score (nSPS) is 24.4. The van der Waals surface area contributed by atoms with Crippen LogP contribution in [0.15, 0.2) is 29.3 Å². The van der Waals surface area contributed by atoms with E-state index in [9.17, 15) is 4.79 Å². The summed E-state index contributed by atoms with van der Waals surface area (Å²) in [7, 11) is 0. The number of carbonyl (C=O) groups excluding carboxylic acids is 1. The average Bonchev–Trinajstić information content (AvgIpc) is 3.43. The largest absolute Gasteiger partial charge is 0.386 e. The summed E-state index contributed by atoms with van der Waals surface area (Å²) in [4.78, 5) is 21.5. The van der Waals surface area contributed by atoms with Crippen molar-refractivity contribution < 1.29 is 9.53 Å². The fraction of sp³-hybridized carbons (Fsp3) is 0.609. The van der Waals surface area contributed by atoms with Crippen LogP contribution in [0.4, 0.5) is 0 Å². The Labute approximate surface area is 184 Å². The van der Waals surface area contributed by atoms with Crippen LogP contribution >= 0.6 is 0 Å². The van der Waals surface area contributed by atoms with Crippen molar-refractivity contribution in [2.75, 3.05) is 26.2 Å². The minimum Gasteiger partial charge on any atom is -0.386 e. The van der Waals surface area contributed by atoms with Gasteiger partial charge >= 0.3 is 0 Å². The molecule has 2 heterocycles. The van der Waals surface area contributed by atoms with Crippen LogP contribution in [0.3, 0.4) is 0 Å². The van der Waals surface area contributed by atoms with Crippen LogP contribution in [-0.2, 0) is 22.6 Å². The summed E-state index contributed by atoms with van der Waals surface area (Å²) in [5.41, 5.74) is 8.21. The number of hydrogen-bond acceptors (Lipinski definition) is 5. The van der Waals surface area contributed by atoms with Crippen molar-refractivity contribution in [3.63, 3.8) is 0 Å². The lowest BCUT2D eigenvalue weighted by Gasteiger charge is -2.36. The predicted octanol–water partition coefficient (Wildman–Crippen LogP) is 1.69. The summed E-state index contributed by atoms with van der Waals surface area (Å²) in [6.07, 6.45) is 4.63. The van der Waals surface area contributed by atoms with Crippen LogP contribution in [0.25, 0.3) is 0 Å². The second-order valence-electron chi connectivity index (χ2n) is 8.98. The van der Waals surface area contributed by atoms with Gasteiger partial charge in [0.25, 0.3) is 0 Å². The molecule has 1 aromatic carbocycles. The molecule has 8 nitrogen and oxygen atoms in total. The number of amides is 1. The van der Waals surface area contributed by atoms with E-state index in [-0.39, 0.29) is 24.5 Å². The van der Waals surface area contributed by atoms with E-state index in [2.05, 4.69) is 34.5 Å². The second-order valence-corrected chi connectivity index (χ2v) is 8.98. The smallest absolute Gasteiger partial charge is 0.240 e. The number of ether oxygens (including phenoxy) is 1. The number of amidine groups is 2. The Kier molecular flexibility index (Phi) is 6.87. The van der Waals surface area contributed by atoms with Gasteiger partial charge in [0, 0.05) is 13.1 Å². The monoisotopic (exact) mass is 426 g/mol.